The van der Waals surface area contributed by atoms with Crippen LogP contribution < -0.4 is 5.32 Å². The summed E-state index contributed by atoms with van der Waals surface area (Å²) in [6.07, 6.45) is 1.29. The largest absolute Gasteiger partial charge is 0.461 e. The first kappa shape index (κ1) is 12.7. The third-order valence-corrected chi connectivity index (χ3v) is 4.01. The molecule has 102 valence electrons. The number of benzene rings is 1. The first-order valence-electron chi connectivity index (χ1n) is 7.19. The van der Waals surface area contributed by atoms with Crippen molar-refractivity contribution >= 4 is 11.0 Å². The van der Waals surface area contributed by atoms with E-state index in [1.54, 1.807) is 0 Å². The Kier molecular flexibility index (Phi) is 2.94. The van der Waals surface area contributed by atoms with Crippen LogP contribution in [0.4, 0.5) is 0 Å². The number of furan rings is 1. The summed E-state index contributed by atoms with van der Waals surface area (Å²) in [5.41, 5.74) is 2.68. The minimum atomic E-state index is 0.209. The lowest BCUT2D eigenvalue weighted by Gasteiger charge is -2.20. The Bertz CT molecular complexity index is 591. The molecule has 1 aromatic heterocycles. The van der Waals surface area contributed by atoms with E-state index in [2.05, 4.69) is 51.2 Å². The summed E-state index contributed by atoms with van der Waals surface area (Å²) >= 11 is 0. The molecular weight excluding hydrogens is 234 g/mol. The van der Waals surface area contributed by atoms with Crippen LogP contribution in [0.2, 0.25) is 0 Å². The number of hydrogen-bond acceptors (Lipinski definition) is 2. The summed E-state index contributed by atoms with van der Waals surface area (Å²) in [5.74, 6) is 2.54. The smallest absolute Gasteiger partial charge is 0.134 e. The van der Waals surface area contributed by atoms with Crippen molar-refractivity contribution in [1.29, 1.82) is 0 Å². The summed E-state index contributed by atoms with van der Waals surface area (Å²) in [5, 5.41) is 4.92. The molecular formula is C17H23NO. The van der Waals surface area contributed by atoms with Crippen LogP contribution >= 0.6 is 0 Å². The molecule has 1 saturated carbocycles. The van der Waals surface area contributed by atoms with Crippen LogP contribution in [0.15, 0.2) is 28.7 Å². The van der Waals surface area contributed by atoms with Gasteiger partial charge in [0, 0.05) is 16.5 Å². The van der Waals surface area contributed by atoms with Crippen molar-refractivity contribution in [3.63, 3.8) is 0 Å². The molecule has 0 radical (unpaired) electrons. The molecule has 0 aliphatic heterocycles. The summed E-state index contributed by atoms with van der Waals surface area (Å²) in [6.45, 7) is 9.88. The zero-order valence-electron chi connectivity index (χ0n) is 12.3. The van der Waals surface area contributed by atoms with Crippen LogP contribution in [0, 0.1) is 12.8 Å². The fourth-order valence-electron chi connectivity index (χ4n) is 2.91. The SMILES string of the molecule is Cc1oc2ccccc2c1C1CC1CNC(C)(C)C. The normalized spacial score (nSPS) is 22.9. The van der Waals surface area contributed by atoms with Gasteiger partial charge in [0.05, 0.1) is 0 Å². The molecule has 0 amide bonds. The third-order valence-electron chi connectivity index (χ3n) is 4.01. The number of aryl methyl sites for hydroxylation is 1. The maximum absolute atomic E-state index is 5.87. The van der Waals surface area contributed by atoms with E-state index in [1.165, 1.54) is 17.4 Å². The number of para-hydroxylation sites is 1. The van der Waals surface area contributed by atoms with Gasteiger partial charge < -0.3 is 9.73 Å². The zero-order valence-corrected chi connectivity index (χ0v) is 12.3. The maximum atomic E-state index is 5.87. The van der Waals surface area contributed by atoms with Gasteiger partial charge in [-0.3, -0.25) is 0 Å². The summed E-state index contributed by atoms with van der Waals surface area (Å²) in [4.78, 5) is 0. The molecule has 2 aromatic rings. The predicted octanol–water partition coefficient (Wildman–Crippen LogP) is 4.23. The maximum Gasteiger partial charge on any atom is 0.134 e. The van der Waals surface area contributed by atoms with Crippen LogP contribution in [-0.4, -0.2) is 12.1 Å². The van der Waals surface area contributed by atoms with Gasteiger partial charge in [0.25, 0.3) is 0 Å². The Balaban J connectivity index is 1.78. The van der Waals surface area contributed by atoms with E-state index in [0.29, 0.717) is 5.92 Å². The van der Waals surface area contributed by atoms with Crippen molar-refractivity contribution in [3.8, 4) is 0 Å². The standard InChI is InChI=1S/C17H23NO/c1-11-16(13-7-5-6-8-15(13)19-11)14-9-12(14)10-18-17(2,3)4/h5-8,12,14,18H,9-10H2,1-4H3. The minimum absolute atomic E-state index is 0.209. The predicted molar refractivity (Wildman–Crippen MR) is 79.6 cm³/mol. The van der Waals surface area contributed by atoms with Gasteiger partial charge >= 0.3 is 0 Å². The number of fused-ring (bicyclic) bond motifs is 1. The van der Waals surface area contributed by atoms with Crippen LogP contribution in [0.5, 0.6) is 0 Å². The molecule has 0 saturated heterocycles. The Morgan fingerprint density at radius 3 is 2.74 bits per heavy atom. The third kappa shape index (κ3) is 2.55. The number of rotatable bonds is 3. The molecule has 2 nitrogen and oxygen atoms in total. The first-order valence-corrected chi connectivity index (χ1v) is 7.19. The highest BCUT2D eigenvalue weighted by molar-refractivity contribution is 5.83. The highest BCUT2D eigenvalue weighted by Gasteiger charge is 2.41. The molecule has 2 atom stereocenters. The lowest BCUT2D eigenvalue weighted by Crippen LogP contribution is -2.37. The molecule has 1 heterocycles. The van der Waals surface area contributed by atoms with Crippen molar-refractivity contribution in [3.05, 3.63) is 35.6 Å². The first-order chi connectivity index (χ1) is 8.96. The lowest BCUT2D eigenvalue weighted by molar-refractivity contribution is 0.414. The molecule has 3 rings (SSSR count). The second kappa shape index (κ2) is 4.38. The Morgan fingerprint density at radius 1 is 1.26 bits per heavy atom. The molecule has 1 aliphatic rings. The summed E-state index contributed by atoms with van der Waals surface area (Å²) < 4.78 is 5.87. The van der Waals surface area contributed by atoms with Gasteiger partial charge in [-0.2, -0.15) is 0 Å². The van der Waals surface area contributed by atoms with Crippen molar-refractivity contribution in [2.75, 3.05) is 6.54 Å². The molecule has 1 fully saturated rings. The highest BCUT2D eigenvalue weighted by atomic mass is 16.3. The van der Waals surface area contributed by atoms with E-state index in [1.807, 2.05) is 6.07 Å². The molecule has 2 unspecified atom stereocenters. The molecule has 0 spiro atoms. The average Bonchev–Trinajstić information content (AvgIpc) is 3.00. The summed E-state index contributed by atoms with van der Waals surface area (Å²) in [7, 11) is 0. The van der Waals surface area contributed by atoms with Gasteiger partial charge in [0.1, 0.15) is 11.3 Å². The molecule has 19 heavy (non-hydrogen) atoms. The minimum Gasteiger partial charge on any atom is -0.461 e. The van der Waals surface area contributed by atoms with Gasteiger partial charge in [-0.05, 0) is 58.6 Å². The average molecular weight is 257 g/mol. The van der Waals surface area contributed by atoms with Crippen LogP contribution in [0.3, 0.4) is 0 Å². The molecule has 1 aromatic carbocycles. The molecule has 1 N–H and O–H groups in total. The van der Waals surface area contributed by atoms with E-state index in [-0.39, 0.29) is 5.54 Å². The van der Waals surface area contributed by atoms with E-state index in [0.717, 1.165) is 23.8 Å². The van der Waals surface area contributed by atoms with E-state index < -0.39 is 0 Å². The van der Waals surface area contributed by atoms with Crippen molar-refractivity contribution in [2.24, 2.45) is 5.92 Å². The van der Waals surface area contributed by atoms with Crippen molar-refractivity contribution < 1.29 is 4.42 Å². The Labute approximate surface area is 115 Å². The fraction of sp³-hybridized carbons (Fsp3) is 0.529. The van der Waals surface area contributed by atoms with E-state index >= 15 is 0 Å². The lowest BCUT2D eigenvalue weighted by atomic mass is 10.0. The van der Waals surface area contributed by atoms with Gasteiger partial charge in [-0.15, -0.1) is 0 Å². The second-order valence-corrected chi connectivity index (χ2v) is 6.80. The fourth-order valence-corrected chi connectivity index (χ4v) is 2.91. The van der Waals surface area contributed by atoms with Crippen LogP contribution in [-0.2, 0) is 0 Å². The molecule has 2 heteroatoms. The van der Waals surface area contributed by atoms with Gasteiger partial charge in [-0.1, -0.05) is 18.2 Å². The van der Waals surface area contributed by atoms with Crippen LogP contribution in [0.25, 0.3) is 11.0 Å². The number of hydrogen-bond donors (Lipinski definition) is 1. The molecule has 1 aliphatic carbocycles. The quantitative estimate of drug-likeness (QED) is 0.890. The van der Waals surface area contributed by atoms with E-state index in [4.69, 9.17) is 4.42 Å². The molecule has 0 bridgehead atoms. The van der Waals surface area contributed by atoms with Gasteiger partial charge in [-0.25, -0.2) is 0 Å². The van der Waals surface area contributed by atoms with Gasteiger partial charge in [0.15, 0.2) is 0 Å². The van der Waals surface area contributed by atoms with Crippen molar-refractivity contribution in [1.82, 2.24) is 5.32 Å². The summed E-state index contributed by atoms with van der Waals surface area (Å²) in [6, 6.07) is 8.40. The number of nitrogens with one attached hydrogen (secondary N) is 1. The van der Waals surface area contributed by atoms with Crippen molar-refractivity contribution in [2.45, 2.75) is 45.6 Å². The van der Waals surface area contributed by atoms with Gasteiger partial charge in [0.2, 0.25) is 0 Å². The Morgan fingerprint density at radius 2 is 2.00 bits per heavy atom. The Hall–Kier alpha value is -1.28. The zero-order chi connectivity index (χ0) is 13.6. The topological polar surface area (TPSA) is 25.2 Å². The monoisotopic (exact) mass is 257 g/mol. The highest BCUT2D eigenvalue weighted by Crippen LogP contribution is 2.51. The van der Waals surface area contributed by atoms with E-state index in [9.17, 15) is 0 Å². The second-order valence-electron chi connectivity index (χ2n) is 6.80. The van der Waals surface area contributed by atoms with Crippen LogP contribution in [0.1, 0.15) is 44.4 Å².